The summed E-state index contributed by atoms with van der Waals surface area (Å²) in [5.41, 5.74) is 3.13. The van der Waals surface area contributed by atoms with Crippen molar-refractivity contribution >= 4 is 27.7 Å². The van der Waals surface area contributed by atoms with E-state index in [2.05, 4.69) is 21.2 Å². The number of rotatable bonds is 10. The van der Waals surface area contributed by atoms with Crippen molar-refractivity contribution < 1.29 is 9.59 Å². The maximum absolute atomic E-state index is 13.5. The fourth-order valence-electron chi connectivity index (χ4n) is 3.76. The average molecular weight is 507 g/mol. The van der Waals surface area contributed by atoms with Crippen molar-refractivity contribution in [3.05, 3.63) is 106 Å². The highest BCUT2D eigenvalue weighted by Gasteiger charge is 2.30. The molecule has 172 valence electrons. The molecule has 1 N–H and O–H groups in total. The Morgan fingerprint density at radius 3 is 1.97 bits per heavy atom. The van der Waals surface area contributed by atoms with Gasteiger partial charge in [-0.1, -0.05) is 88.7 Å². The van der Waals surface area contributed by atoms with Crippen molar-refractivity contribution in [1.82, 2.24) is 10.2 Å². The van der Waals surface area contributed by atoms with E-state index in [1.807, 2.05) is 98.8 Å². The summed E-state index contributed by atoms with van der Waals surface area (Å²) in [6.45, 7) is 4.26. The van der Waals surface area contributed by atoms with E-state index in [-0.39, 0.29) is 17.9 Å². The van der Waals surface area contributed by atoms with Crippen molar-refractivity contribution in [2.75, 3.05) is 0 Å². The number of amides is 2. The summed E-state index contributed by atoms with van der Waals surface area (Å²) in [5, 5.41) is 3.03. The number of aryl methyl sites for hydroxylation is 1. The molecule has 3 aromatic carbocycles. The first kappa shape index (κ1) is 24.7. The number of nitrogens with one attached hydrogen (secondary N) is 1. The summed E-state index contributed by atoms with van der Waals surface area (Å²) < 4.78 is 0.978. The predicted molar refractivity (Wildman–Crippen MR) is 137 cm³/mol. The van der Waals surface area contributed by atoms with Gasteiger partial charge in [0.05, 0.1) is 0 Å². The van der Waals surface area contributed by atoms with Gasteiger partial charge in [0.25, 0.3) is 0 Å². The molecule has 3 rings (SSSR count). The summed E-state index contributed by atoms with van der Waals surface area (Å²) in [7, 11) is 0. The molecule has 0 aliphatic heterocycles. The molecule has 0 heterocycles. The fraction of sp³-hybridized carbons (Fsp3) is 0.286. The quantitative estimate of drug-likeness (QED) is 0.392. The maximum Gasteiger partial charge on any atom is 0.243 e. The molecular weight excluding hydrogens is 476 g/mol. The topological polar surface area (TPSA) is 49.4 Å². The first-order valence-electron chi connectivity index (χ1n) is 11.3. The van der Waals surface area contributed by atoms with Crippen LogP contribution in [0.3, 0.4) is 0 Å². The number of nitrogens with zero attached hydrogens (tertiary/aromatic N) is 1. The monoisotopic (exact) mass is 506 g/mol. The number of hydrogen-bond acceptors (Lipinski definition) is 2. The van der Waals surface area contributed by atoms with Crippen LogP contribution in [-0.2, 0) is 29.0 Å². The number of benzene rings is 3. The highest BCUT2D eigenvalue weighted by molar-refractivity contribution is 9.10. The lowest BCUT2D eigenvalue weighted by molar-refractivity contribution is -0.141. The molecule has 0 radical (unpaired) electrons. The average Bonchev–Trinajstić information content (AvgIpc) is 2.82. The van der Waals surface area contributed by atoms with Crippen molar-refractivity contribution in [1.29, 1.82) is 0 Å². The Hall–Kier alpha value is -2.92. The van der Waals surface area contributed by atoms with E-state index in [4.69, 9.17) is 0 Å². The van der Waals surface area contributed by atoms with E-state index < -0.39 is 6.04 Å². The van der Waals surface area contributed by atoms with Crippen molar-refractivity contribution in [3.63, 3.8) is 0 Å². The molecular formula is C28H31BrN2O2. The zero-order valence-electron chi connectivity index (χ0n) is 19.2. The second-order valence-electron chi connectivity index (χ2n) is 8.50. The van der Waals surface area contributed by atoms with Gasteiger partial charge in [-0.3, -0.25) is 9.59 Å². The fourth-order valence-corrected chi connectivity index (χ4v) is 4.03. The molecule has 5 heteroatoms. The van der Waals surface area contributed by atoms with Gasteiger partial charge >= 0.3 is 0 Å². The summed E-state index contributed by atoms with van der Waals surface area (Å²) in [4.78, 5) is 28.6. The van der Waals surface area contributed by atoms with Crippen LogP contribution >= 0.6 is 15.9 Å². The predicted octanol–water partition coefficient (Wildman–Crippen LogP) is 5.55. The van der Waals surface area contributed by atoms with E-state index in [1.54, 1.807) is 4.90 Å². The Balaban J connectivity index is 1.89. The third-order valence-electron chi connectivity index (χ3n) is 5.44. The third kappa shape index (κ3) is 7.86. The number of hydrogen-bond donors (Lipinski definition) is 1. The van der Waals surface area contributed by atoms with Crippen molar-refractivity contribution in [2.45, 2.75) is 51.7 Å². The highest BCUT2D eigenvalue weighted by atomic mass is 79.9. The van der Waals surface area contributed by atoms with Crippen LogP contribution in [0.5, 0.6) is 0 Å². The van der Waals surface area contributed by atoms with Crippen LogP contribution in [0, 0.1) is 0 Å². The lowest BCUT2D eigenvalue weighted by atomic mass is 10.0. The van der Waals surface area contributed by atoms with E-state index in [0.717, 1.165) is 21.2 Å². The lowest BCUT2D eigenvalue weighted by Gasteiger charge is -2.32. The summed E-state index contributed by atoms with van der Waals surface area (Å²) >= 11 is 3.47. The van der Waals surface area contributed by atoms with Crippen LogP contribution in [0.2, 0.25) is 0 Å². The highest BCUT2D eigenvalue weighted by Crippen LogP contribution is 2.18. The molecule has 0 saturated carbocycles. The molecule has 0 aliphatic carbocycles. The van der Waals surface area contributed by atoms with E-state index in [1.165, 1.54) is 0 Å². The molecule has 0 fully saturated rings. The first-order chi connectivity index (χ1) is 15.9. The Labute approximate surface area is 205 Å². The van der Waals surface area contributed by atoms with Gasteiger partial charge in [0.15, 0.2) is 0 Å². The minimum atomic E-state index is -0.596. The lowest BCUT2D eigenvalue weighted by Crippen LogP contribution is -2.51. The van der Waals surface area contributed by atoms with E-state index in [0.29, 0.717) is 25.8 Å². The molecule has 4 nitrogen and oxygen atoms in total. The number of halogens is 1. The normalized spacial score (nSPS) is 11.8. The summed E-state index contributed by atoms with van der Waals surface area (Å²) in [5.74, 6) is -0.152. The summed E-state index contributed by atoms with van der Waals surface area (Å²) in [6, 6.07) is 27.2. The second kappa shape index (κ2) is 12.4. The largest absolute Gasteiger partial charge is 0.352 e. The zero-order chi connectivity index (χ0) is 23.6. The molecule has 0 spiro atoms. The molecule has 3 aromatic rings. The Morgan fingerprint density at radius 2 is 1.39 bits per heavy atom. The maximum atomic E-state index is 13.5. The second-order valence-corrected chi connectivity index (χ2v) is 9.42. The van der Waals surface area contributed by atoms with Gasteiger partial charge < -0.3 is 10.2 Å². The smallest absolute Gasteiger partial charge is 0.243 e. The number of carbonyl (C=O) groups excluding carboxylic acids is 2. The van der Waals surface area contributed by atoms with Gasteiger partial charge in [-0.2, -0.15) is 0 Å². The van der Waals surface area contributed by atoms with Crippen molar-refractivity contribution in [3.8, 4) is 0 Å². The molecule has 0 bridgehead atoms. The van der Waals surface area contributed by atoms with Crippen molar-refractivity contribution in [2.24, 2.45) is 0 Å². The SMILES string of the molecule is CC(C)NC(=O)[C@H](Cc1ccccc1)N(Cc1ccc(Br)cc1)C(=O)CCc1ccccc1. The zero-order valence-corrected chi connectivity index (χ0v) is 20.8. The Kier molecular flexibility index (Phi) is 9.25. The van der Waals surface area contributed by atoms with Gasteiger partial charge in [-0.25, -0.2) is 0 Å². The van der Waals surface area contributed by atoms with Crippen LogP contribution in [0.15, 0.2) is 89.4 Å². The summed E-state index contributed by atoms with van der Waals surface area (Å²) in [6.07, 6.45) is 1.45. The van der Waals surface area contributed by atoms with Gasteiger partial charge in [0.2, 0.25) is 11.8 Å². The van der Waals surface area contributed by atoms with Crippen LogP contribution in [0.25, 0.3) is 0 Å². The Bertz CT molecular complexity index is 1020. The molecule has 0 unspecified atom stereocenters. The molecule has 1 atom stereocenters. The van der Waals surface area contributed by atoms with E-state index >= 15 is 0 Å². The minimum absolute atomic E-state index is 0.00951. The molecule has 33 heavy (non-hydrogen) atoms. The van der Waals surface area contributed by atoms with Crippen LogP contribution < -0.4 is 5.32 Å². The Morgan fingerprint density at radius 1 is 0.818 bits per heavy atom. The molecule has 0 saturated heterocycles. The molecule has 2 amide bonds. The van der Waals surface area contributed by atoms with Crippen LogP contribution in [0.1, 0.15) is 37.0 Å². The van der Waals surface area contributed by atoms with E-state index in [9.17, 15) is 9.59 Å². The minimum Gasteiger partial charge on any atom is -0.352 e. The van der Waals surface area contributed by atoms with Gasteiger partial charge in [0.1, 0.15) is 6.04 Å². The first-order valence-corrected chi connectivity index (χ1v) is 12.1. The van der Waals surface area contributed by atoms with Gasteiger partial charge in [0, 0.05) is 29.9 Å². The van der Waals surface area contributed by atoms with Crippen LogP contribution in [0.4, 0.5) is 0 Å². The van der Waals surface area contributed by atoms with Gasteiger partial charge in [-0.05, 0) is 49.1 Å². The third-order valence-corrected chi connectivity index (χ3v) is 5.97. The van der Waals surface area contributed by atoms with Crippen LogP contribution in [-0.4, -0.2) is 28.8 Å². The van der Waals surface area contributed by atoms with Gasteiger partial charge in [-0.15, -0.1) is 0 Å². The molecule has 0 aliphatic rings. The molecule has 0 aromatic heterocycles. The standard InChI is InChI=1S/C28H31BrN2O2/c1-21(2)30-28(33)26(19-23-11-7-4-8-12-23)31(20-24-13-16-25(29)17-14-24)27(32)18-15-22-9-5-3-6-10-22/h3-14,16-17,21,26H,15,18-20H2,1-2H3,(H,30,33)/t26-/m0/s1. The number of carbonyl (C=O) groups is 2.